The molecule has 7 heteroatoms. The molecule has 6 nitrogen and oxygen atoms in total. The summed E-state index contributed by atoms with van der Waals surface area (Å²) in [5.41, 5.74) is 1.95. The normalized spacial score (nSPS) is 14.4. The number of thiocarbonyl (C=S) groups is 1. The Morgan fingerprint density at radius 1 is 1.15 bits per heavy atom. The Hall–Kier alpha value is -2.41. The summed E-state index contributed by atoms with van der Waals surface area (Å²) in [4.78, 5) is 13.8. The first-order valence-corrected chi connectivity index (χ1v) is 9.67. The first kappa shape index (κ1) is 19.4. The highest BCUT2D eigenvalue weighted by atomic mass is 32.1. The number of nitrogens with one attached hydrogen (secondary N) is 1. The van der Waals surface area contributed by atoms with Gasteiger partial charge in [0.25, 0.3) is 0 Å². The van der Waals surface area contributed by atoms with Gasteiger partial charge in [-0.2, -0.15) is 0 Å². The molecule has 0 saturated carbocycles. The van der Waals surface area contributed by atoms with Crippen molar-refractivity contribution < 1.29 is 4.74 Å². The summed E-state index contributed by atoms with van der Waals surface area (Å²) in [7, 11) is 1.66. The zero-order chi connectivity index (χ0) is 19.4. The quantitative estimate of drug-likeness (QED) is 0.809. The summed E-state index contributed by atoms with van der Waals surface area (Å²) < 4.78 is 5.27. The van der Waals surface area contributed by atoms with Gasteiger partial charge in [0.2, 0.25) is 0 Å². The van der Waals surface area contributed by atoms with E-state index in [4.69, 9.17) is 21.9 Å². The van der Waals surface area contributed by atoms with Crippen molar-refractivity contribution in [2.45, 2.75) is 26.7 Å². The minimum absolute atomic E-state index is 0.324. The maximum Gasteiger partial charge on any atom is 0.173 e. The Morgan fingerprint density at radius 2 is 1.89 bits per heavy atom. The van der Waals surface area contributed by atoms with Crippen molar-refractivity contribution in [3.05, 3.63) is 41.9 Å². The maximum absolute atomic E-state index is 5.60. The number of hydrogen-bond donors (Lipinski definition) is 1. The van der Waals surface area contributed by atoms with Gasteiger partial charge in [-0.05, 0) is 31.3 Å². The molecule has 3 rings (SSSR count). The molecule has 2 aromatic rings. The highest BCUT2D eigenvalue weighted by Crippen LogP contribution is 2.20. The van der Waals surface area contributed by atoms with Gasteiger partial charge in [0, 0.05) is 55.6 Å². The molecule has 27 heavy (non-hydrogen) atoms. The number of methoxy groups -OCH3 is 1. The number of anilines is 2. The molecule has 1 aliphatic rings. The van der Waals surface area contributed by atoms with Crippen molar-refractivity contribution in [2.24, 2.45) is 0 Å². The molecule has 1 aromatic heterocycles. The Kier molecular flexibility index (Phi) is 6.11. The Balaban J connectivity index is 1.60. The van der Waals surface area contributed by atoms with E-state index in [1.54, 1.807) is 7.11 Å². The predicted octanol–water partition coefficient (Wildman–Crippen LogP) is 3.44. The zero-order valence-corrected chi connectivity index (χ0v) is 17.2. The van der Waals surface area contributed by atoms with E-state index in [1.165, 1.54) is 0 Å². The molecular weight excluding hydrogens is 358 g/mol. The fourth-order valence-electron chi connectivity index (χ4n) is 3.04. The average Bonchev–Trinajstić information content (AvgIpc) is 2.67. The molecule has 0 aliphatic carbocycles. The van der Waals surface area contributed by atoms with Gasteiger partial charge in [-0.15, -0.1) is 0 Å². The molecule has 0 amide bonds. The van der Waals surface area contributed by atoms with Gasteiger partial charge in [-0.1, -0.05) is 19.9 Å². The summed E-state index contributed by atoms with van der Waals surface area (Å²) in [6.07, 6.45) is 0. The lowest BCUT2D eigenvalue weighted by Crippen LogP contribution is -2.50. The van der Waals surface area contributed by atoms with Crippen LogP contribution in [0.1, 0.15) is 31.3 Å². The molecule has 1 N–H and O–H groups in total. The number of ether oxygens (including phenoxy) is 1. The molecule has 1 aliphatic heterocycles. The monoisotopic (exact) mass is 385 g/mol. The van der Waals surface area contributed by atoms with E-state index in [0.717, 1.165) is 60.1 Å². The van der Waals surface area contributed by atoms with E-state index in [-0.39, 0.29) is 0 Å². The number of hydrogen-bond acceptors (Lipinski definition) is 5. The lowest BCUT2D eigenvalue weighted by molar-refractivity contribution is 0.389. The number of rotatable bonds is 4. The van der Waals surface area contributed by atoms with Crippen LogP contribution in [0.3, 0.4) is 0 Å². The van der Waals surface area contributed by atoms with Crippen LogP contribution in [0, 0.1) is 6.92 Å². The molecule has 2 heterocycles. The van der Waals surface area contributed by atoms with E-state index in [9.17, 15) is 0 Å². The van der Waals surface area contributed by atoms with Crippen LogP contribution in [0.2, 0.25) is 0 Å². The third-order valence-corrected chi connectivity index (χ3v) is 4.95. The van der Waals surface area contributed by atoms with Crippen molar-refractivity contribution in [1.82, 2.24) is 14.9 Å². The van der Waals surface area contributed by atoms with E-state index in [1.807, 2.05) is 31.2 Å². The van der Waals surface area contributed by atoms with Gasteiger partial charge in [0.05, 0.1) is 7.11 Å². The van der Waals surface area contributed by atoms with Crippen molar-refractivity contribution in [1.29, 1.82) is 0 Å². The lowest BCUT2D eigenvalue weighted by Gasteiger charge is -2.37. The highest BCUT2D eigenvalue weighted by Gasteiger charge is 2.21. The number of aryl methyl sites for hydroxylation is 1. The number of nitrogens with zero attached hydrogens (tertiary/aromatic N) is 4. The molecule has 144 valence electrons. The van der Waals surface area contributed by atoms with Crippen LogP contribution in [0.5, 0.6) is 5.75 Å². The van der Waals surface area contributed by atoms with E-state index < -0.39 is 0 Å². The minimum atomic E-state index is 0.324. The molecule has 1 aromatic carbocycles. The molecule has 0 radical (unpaired) electrons. The second kappa shape index (κ2) is 8.52. The van der Waals surface area contributed by atoms with Gasteiger partial charge in [-0.3, -0.25) is 0 Å². The van der Waals surface area contributed by atoms with E-state index >= 15 is 0 Å². The first-order valence-electron chi connectivity index (χ1n) is 9.27. The van der Waals surface area contributed by atoms with Gasteiger partial charge in [-0.25, -0.2) is 9.97 Å². The van der Waals surface area contributed by atoms with Gasteiger partial charge in [0.15, 0.2) is 5.11 Å². The van der Waals surface area contributed by atoms with Gasteiger partial charge in [0.1, 0.15) is 17.4 Å². The van der Waals surface area contributed by atoms with Crippen molar-refractivity contribution >= 4 is 28.8 Å². The van der Waals surface area contributed by atoms with Crippen LogP contribution in [0.4, 0.5) is 11.5 Å². The van der Waals surface area contributed by atoms with Crippen LogP contribution in [-0.4, -0.2) is 53.3 Å². The number of piperazine rings is 1. The van der Waals surface area contributed by atoms with E-state index in [0.29, 0.717) is 5.92 Å². The minimum Gasteiger partial charge on any atom is -0.497 e. The zero-order valence-electron chi connectivity index (χ0n) is 16.4. The molecule has 1 saturated heterocycles. The second-order valence-electron chi connectivity index (χ2n) is 7.02. The van der Waals surface area contributed by atoms with Crippen LogP contribution in [0.15, 0.2) is 30.3 Å². The fraction of sp³-hybridized carbons (Fsp3) is 0.450. The highest BCUT2D eigenvalue weighted by molar-refractivity contribution is 7.80. The molecular formula is C20H27N5OS. The van der Waals surface area contributed by atoms with Crippen molar-refractivity contribution in [3.8, 4) is 5.75 Å². The van der Waals surface area contributed by atoms with Gasteiger partial charge < -0.3 is 19.9 Å². The standard InChI is InChI=1S/C20H27N5OS/c1-14(2)19-21-15(3)12-18(23-19)24-8-10-25(11-9-24)20(27)22-16-6-5-7-17(13-16)26-4/h5-7,12-14H,8-11H2,1-4H3,(H,22,27). The smallest absolute Gasteiger partial charge is 0.173 e. The topological polar surface area (TPSA) is 53.5 Å². The summed E-state index contributed by atoms with van der Waals surface area (Å²) in [5, 5.41) is 4.05. The largest absolute Gasteiger partial charge is 0.497 e. The SMILES string of the molecule is COc1cccc(NC(=S)N2CCN(c3cc(C)nc(C(C)C)n3)CC2)c1. The first-order chi connectivity index (χ1) is 13.0. The fourth-order valence-corrected chi connectivity index (χ4v) is 3.34. The maximum atomic E-state index is 5.60. The molecule has 0 atom stereocenters. The predicted molar refractivity (Wildman–Crippen MR) is 114 cm³/mol. The Morgan fingerprint density at radius 3 is 2.56 bits per heavy atom. The Labute approximate surface area is 166 Å². The number of benzene rings is 1. The van der Waals surface area contributed by atoms with Crippen LogP contribution < -0.4 is 15.0 Å². The second-order valence-corrected chi connectivity index (χ2v) is 7.40. The summed E-state index contributed by atoms with van der Waals surface area (Å²) >= 11 is 5.60. The van der Waals surface area contributed by atoms with Crippen LogP contribution in [-0.2, 0) is 0 Å². The molecule has 0 bridgehead atoms. The average molecular weight is 386 g/mol. The molecule has 0 unspecified atom stereocenters. The summed E-state index contributed by atoms with van der Waals surface area (Å²) in [5.74, 6) is 3.05. The van der Waals surface area contributed by atoms with Gasteiger partial charge >= 0.3 is 0 Å². The molecule has 1 fully saturated rings. The van der Waals surface area contributed by atoms with Crippen LogP contribution in [0.25, 0.3) is 0 Å². The third-order valence-electron chi connectivity index (χ3n) is 4.59. The Bertz CT molecular complexity index is 803. The lowest BCUT2D eigenvalue weighted by atomic mass is 10.2. The van der Waals surface area contributed by atoms with E-state index in [2.05, 4.69) is 40.0 Å². The van der Waals surface area contributed by atoms with Crippen LogP contribution >= 0.6 is 12.2 Å². The third kappa shape index (κ3) is 4.86. The summed E-state index contributed by atoms with van der Waals surface area (Å²) in [6, 6.07) is 9.86. The molecule has 0 spiro atoms. The summed E-state index contributed by atoms with van der Waals surface area (Å²) in [6.45, 7) is 9.76. The van der Waals surface area contributed by atoms with Crippen molar-refractivity contribution in [3.63, 3.8) is 0 Å². The number of aromatic nitrogens is 2. The van der Waals surface area contributed by atoms with Crippen molar-refractivity contribution in [2.75, 3.05) is 43.5 Å².